The monoisotopic (exact) mass is 557 g/mol. The highest BCUT2D eigenvalue weighted by atomic mass is 35.5. The Morgan fingerprint density at radius 2 is 1.79 bits per heavy atom. The van der Waals surface area contributed by atoms with Gasteiger partial charge in [-0.1, -0.05) is 17.7 Å². The molecule has 2 saturated carbocycles. The van der Waals surface area contributed by atoms with Crippen LogP contribution in [0.2, 0.25) is 5.02 Å². The van der Waals surface area contributed by atoms with Gasteiger partial charge in [0.1, 0.15) is 22.9 Å². The van der Waals surface area contributed by atoms with Crippen molar-refractivity contribution in [3.8, 4) is 5.75 Å². The van der Waals surface area contributed by atoms with Gasteiger partial charge in [0.05, 0.1) is 10.5 Å². The van der Waals surface area contributed by atoms with Gasteiger partial charge in [-0.3, -0.25) is 14.4 Å². The molecule has 5 rings (SSSR count). The van der Waals surface area contributed by atoms with Crippen LogP contribution >= 0.6 is 11.6 Å². The number of carbonyl (C=O) groups excluding carboxylic acids is 2. The van der Waals surface area contributed by atoms with E-state index in [-0.39, 0.29) is 52.3 Å². The van der Waals surface area contributed by atoms with Crippen molar-refractivity contribution in [1.29, 1.82) is 0 Å². The van der Waals surface area contributed by atoms with Gasteiger partial charge in [-0.25, -0.2) is 8.78 Å². The third kappa shape index (κ3) is 6.24. The number of hydrogen-bond donors (Lipinski definition) is 2. The highest BCUT2D eigenvalue weighted by Crippen LogP contribution is 2.37. The largest absolute Gasteiger partial charge is 0.484 e. The predicted octanol–water partition coefficient (Wildman–Crippen LogP) is 5.06. The minimum absolute atomic E-state index is 0.000956. The van der Waals surface area contributed by atoms with Crippen LogP contribution in [0, 0.1) is 24.5 Å². The molecule has 206 valence electrons. The molecule has 0 radical (unpaired) electrons. The van der Waals surface area contributed by atoms with Gasteiger partial charge in [0.2, 0.25) is 5.43 Å². The van der Waals surface area contributed by atoms with Crippen molar-refractivity contribution in [2.75, 3.05) is 13.2 Å². The number of aryl methyl sites for hydroxylation is 1. The smallest absolute Gasteiger partial charge is 0.257 e. The second-order valence-corrected chi connectivity index (χ2v) is 10.9. The third-order valence-electron chi connectivity index (χ3n) is 7.54. The molecule has 3 aromatic rings. The zero-order valence-electron chi connectivity index (χ0n) is 21.6. The maximum Gasteiger partial charge on any atom is 0.257 e. The van der Waals surface area contributed by atoms with Crippen LogP contribution in [-0.2, 0) is 4.79 Å². The third-order valence-corrected chi connectivity index (χ3v) is 7.83. The first kappa shape index (κ1) is 27.1. The summed E-state index contributed by atoms with van der Waals surface area (Å²) in [4.78, 5) is 38.4. The van der Waals surface area contributed by atoms with E-state index in [1.807, 2.05) is 4.57 Å². The lowest BCUT2D eigenvalue weighted by Gasteiger charge is -2.29. The van der Waals surface area contributed by atoms with E-state index in [4.69, 9.17) is 16.3 Å². The molecule has 0 spiro atoms. The van der Waals surface area contributed by atoms with Gasteiger partial charge in [0, 0.05) is 36.3 Å². The standard InChI is InChI=1S/C29H30ClF2N3O4/c1-16-2-9-20(10-24(16)31)39-15-27(36)33-13-17-3-5-18(6-4-17)34-29(38)22-14-35(19-7-8-19)26-12-23(30)25(32)11-21(26)28(22)37/h2,9-12,14,17-19H,3-8,13,15H2,1H3,(H,33,36)(H,34,38). The van der Waals surface area contributed by atoms with Crippen LogP contribution < -0.4 is 20.8 Å². The van der Waals surface area contributed by atoms with Crippen molar-refractivity contribution in [2.45, 2.75) is 57.5 Å². The van der Waals surface area contributed by atoms with Crippen molar-refractivity contribution in [3.63, 3.8) is 0 Å². The summed E-state index contributed by atoms with van der Waals surface area (Å²) in [5, 5.41) is 5.92. The van der Waals surface area contributed by atoms with E-state index in [1.165, 1.54) is 12.1 Å². The summed E-state index contributed by atoms with van der Waals surface area (Å²) >= 11 is 5.96. The number of nitrogens with zero attached hydrogens (tertiary/aromatic N) is 1. The van der Waals surface area contributed by atoms with Gasteiger partial charge in [0.25, 0.3) is 11.8 Å². The van der Waals surface area contributed by atoms with Gasteiger partial charge < -0.3 is 19.9 Å². The maximum atomic E-state index is 14.2. The summed E-state index contributed by atoms with van der Waals surface area (Å²) in [6, 6.07) is 7.09. The number of benzene rings is 2. The first-order valence-electron chi connectivity index (χ1n) is 13.2. The summed E-state index contributed by atoms with van der Waals surface area (Å²) in [5.74, 6) is -1.28. The molecule has 0 aliphatic heterocycles. The molecule has 7 nitrogen and oxygen atoms in total. The number of fused-ring (bicyclic) bond motifs is 1. The van der Waals surface area contributed by atoms with E-state index in [1.54, 1.807) is 25.3 Å². The van der Waals surface area contributed by atoms with E-state index in [0.717, 1.165) is 31.7 Å². The molecule has 2 fully saturated rings. The Labute approximate surface area is 229 Å². The number of nitrogens with one attached hydrogen (secondary N) is 2. The Bertz CT molecular complexity index is 1480. The van der Waals surface area contributed by atoms with Crippen LogP contribution in [0.15, 0.2) is 41.3 Å². The van der Waals surface area contributed by atoms with Gasteiger partial charge in [0.15, 0.2) is 6.61 Å². The van der Waals surface area contributed by atoms with Gasteiger partial charge in [-0.2, -0.15) is 0 Å². The fourth-order valence-corrected chi connectivity index (χ4v) is 5.21. The maximum absolute atomic E-state index is 14.2. The Hall–Kier alpha value is -3.46. The normalized spacial score (nSPS) is 19.1. The van der Waals surface area contributed by atoms with Crippen LogP contribution in [0.25, 0.3) is 10.9 Å². The number of ether oxygens (including phenoxy) is 1. The number of hydrogen-bond acceptors (Lipinski definition) is 4. The van der Waals surface area contributed by atoms with Gasteiger partial charge in [-0.15, -0.1) is 0 Å². The SMILES string of the molecule is Cc1ccc(OCC(=O)NCC2CCC(NC(=O)c3cn(C4CC4)c4cc(Cl)c(F)cc4c3=O)CC2)cc1F. The fraction of sp³-hybridized carbons (Fsp3) is 0.414. The fourth-order valence-electron chi connectivity index (χ4n) is 5.06. The molecule has 2 aliphatic rings. The molecule has 0 bridgehead atoms. The molecule has 2 aromatic carbocycles. The molecule has 1 heterocycles. The van der Waals surface area contributed by atoms with Crippen LogP contribution in [0.3, 0.4) is 0 Å². The number of carbonyl (C=O) groups is 2. The second-order valence-electron chi connectivity index (χ2n) is 10.5. The lowest BCUT2D eigenvalue weighted by molar-refractivity contribution is -0.123. The highest BCUT2D eigenvalue weighted by Gasteiger charge is 2.29. The van der Waals surface area contributed by atoms with E-state index in [2.05, 4.69) is 10.6 Å². The predicted molar refractivity (Wildman–Crippen MR) is 144 cm³/mol. The molecule has 2 N–H and O–H groups in total. The number of aromatic nitrogens is 1. The van der Waals surface area contributed by atoms with E-state index in [0.29, 0.717) is 36.2 Å². The quantitative estimate of drug-likeness (QED) is 0.405. The van der Waals surface area contributed by atoms with Crippen LogP contribution in [-0.4, -0.2) is 35.6 Å². The average Bonchev–Trinajstić information content (AvgIpc) is 3.76. The molecule has 2 aliphatic carbocycles. The summed E-state index contributed by atoms with van der Waals surface area (Å²) in [7, 11) is 0. The minimum atomic E-state index is -0.692. The van der Waals surface area contributed by atoms with Crippen molar-refractivity contribution < 1.29 is 23.1 Å². The number of amides is 2. The molecule has 0 atom stereocenters. The Kier molecular flexibility index (Phi) is 7.88. The lowest BCUT2D eigenvalue weighted by atomic mass is 9.86. The Morgan fingerprint density at radius 1 is 1.05 bits per heavy atom. The van der Waals surface area contributed by atoms with Crippen molar-refractivity contribution in [3.05, 3.63) is 74.5 Å². The summed E-state index contributed by atoms with van der Waals surface area (Å²) in [6.07, 6.45) is 6.42. The second kappa shape index (κ2) is 11.3. The van der Waals surface area contributed by atoms with E-state index >= 15 is 0 Å². The molecule has 2 amide bonds. The summed E-state index contributed by atoms with van der Waals surface area (Å²) < 4.78 is 35.0. The lowest BCUT2D eigenvalue weighted by Crippen LogP contribution is -2.41. The molecule has 39 heavy (non-hydrogen) atoms. The number of halogens is 3. The van der Waals surface area contributed by atoms with Gasteiger partial charge in [-0.05, 0) is 75.1 Å². The first-order valence-corrected chi connectivity index (χ1v) is 13.6. The number of pyridine rings is 1. The minimum Gasteiger partial charge on any atom is -0.484 e. The zero-order chi connectivity index (χ0) is 27.7. The molecular formula is C29H30ClF2N3O4. The number of rotatable bonds is 8. The molecule has 0 unspecified atom stereocenters. The molecule has 1 aromatic heterocycles. The highest BCUT2D eigenvalue weighted by molar-refractivity contribution is 6.31. The van der Waals surface area contributed by atoms with Crippen molar-refractivity contribution in [1.82, 2.24) is 15.2 Å². The van der Waals surface area contributed by atoms with E-state index in [9.17, 15) is 23.2 Å². The van der Waals surface area contributed by atoms with Crippen LogP contribution in [0.4, 0.5) is 8.78 Å². The topological polar surface area (TPSA) is 89.4 Å². The van der Waals surface area contributed by atoms with E-state index < -0.39 is 17.2 Å². The van der Waals surface area contributed by atoms with Crippen molar-refractivity contribution >= 4 is 34.3 Å². The van der Waals surface area contributed by atoms with Crippen molar-refractivity contribution in [2.24, 2.45) is 5.92 Å². The van der Waals surface area contributed by atoms with Crippen LogP contribution in [0.5, 0.6) is 5.75 Å². The zero-order valence-corrected chi connectivity index (χ0v) is 22.3. The van der Waals surface area contributed by atoms with Crippen LogP contribution in [0.1, 0.15) is 60.5 Å². The van der Waals surface area contributed by atoms with Gasteiger partial charge >= 0.3 is 0 Å². The Morgan fingerprint density at radius 3 is 2.49 bits per heavy atom. The first-order chi connectivity index (χ1) is 18.7. The Balaban J connectivity index is 1.13. The molecule has 10 heteroatoms. The molecule has 0 saturated heterocycles. The molecular weight excluding hydrogens is 528 g/mol. The summed E-state index contributed by atoms with van der Waals surface area (Å²) in [5.41, 5.74) is 0.525. The average molecular weight is 558 g/mol. The summed E-state index contributed by atoms with van der Waals surface area (Å²) in [6.45, 7) is 1.93.